The summed E-state index contributed by atoms with van der Waals surface area (Å²) in [6.07, 6.45) is 2.87. The highest BCUT2D eigenvalue weighted by molar-refractivity contribution is 6.30. The molecule has 1 saturated carbocycles. The van der Waals surface area contributed by atoms with Gasteiger partial charge in [-0.1, -0.05) is 47.9 Å². The Labute approximate surface area is 136 Å². The summed E-state index contributed by atoms with van der Waals surface area (Å²) in [6.45, 7) is 4.08. The number of aryl methyl sites for hydroxylation is 2. The van der Waals surface area contributed by atoms with E-state index in [1.807, 2.05) is 43.3 Å². The summed E-state index contributed by atoms with van der Waals surface area (Å²) in [6, 6.07) is 13.8. The van der Waals surface area contributed by atoms with Crippen molar-refractivity contribution in [2.24, 2.45) is 0 Å². The van der Waals surface area contributed by atoms with Crippen molar-refractivity contribution in [2.75, 3.05) is 5.32 Å². The Morgan fingerprint density at radius 3 is 2.32 bits per heavy atom. The second-order valence-electron chi connectivity index (χ2n) is 6.22. The van der Waals surface area contributed by atoms with Crippen LogP contribution >= 0.6 is 11.6 Å². The first-order valence-electron chi connectivity index (χ1n) is 7.66. The van der Waals surface area contributed by atoms with Gasteiger partial charge in [0, 0.05) is 10.7 Å². The van der Waals surface area contributed by atoms with Crippen molar-refractivity contribution in [3.05, 3.63) is 64.2 Å². The number of hydrogen-bond donors (Lipinski definition) is 1. The number of benzene rings is 2. The Balaban J connectivity index is 1.87. The molecule has 3 heteroatoms. The first kappa shape index (κ1) is 15.1. The highest BCUT2D eigenvalue weighted by atomic mass is 35.5. The molecule has 2 aromatic rings. The molecule has 2 aromatic carbocycles. The molecule has 1 aliphatic rings. The molecule has 0 spiro atoms. The zero-order chi connectivity index (χ0) is 15.7. The zero-order valence-electron chi connectivity index (χ0n) is 12.9. The van der Waals surface area contributed by atoms with E-state index in [9.17, 15) is 4.79 Å². The maximum Gasteiger partial charge on any atom is 0.235 e. The third-order valence-electron chi connectivity index (χ3n) is 4.67. The highest BCUT2D eigenvalue weighted by Gasteiger charge is 2.45. The summed E-state index contributed by atoms with van der Waals surface area (Å²) < 4.78 is 0. The standard InChI is InChI=1S/C19H20ClNO/c1-13-4-9-17(14(2)12-13)21-18(22)19(10-3-11-19)15-5-7-16(20)8-6-15/h4-9,12H,3,10-11H2,1-2H3,(H,21,22). The van der Waals surface area contributed by atoms with Gasteiger partial charge in [-0.2, -0.15) is 0 Å². The fraction of sp³-hybridized carbons (Fsp3) is 0.316. The second-order valence-corrected chi connectivity index (χ2v) is 6.65. The van der Waals surface area contributed by atoms with Gasteiger partial charge in [-0.3, -0.25) is 4.79 Å². The van der Waals surface area contributed by atoms with Crippen LogP contribution in [0.1, 0.15) is 36.0 Å². The van der Waals surface area contributed by atoms with Crippen molar-refractivity contribution in [1.29, 1.82) is 0 Å². The van der Waals surface area contributed by atoms with Crippen LogP contribution in [-0.4, -0.2) is 5.91 Å². The van der Waals surface area contributed by atoms with Crippen molar-refractivity contribution in [1.82, 2.24) is 0 Å². The Bertz CT molecular complexity index is 702. The van der Waals surface area contributed by atoms with Crippen LogP contribution in [0.4, 0.5) is 5.69 Å². The normalized spacial score (nSPS) is 16.0. The second kappa shape index (κ2) is 5.77. The number of rotatable bonds is 3. The van der Waals surface area contributed by atoms with Gasteiger partial charge in [0.05, 0.1) is 5.41 Å². The van der Waals surface area contributed by atoms with Crippen LogP contribution in [0.2, 0.25) is 5.02 Å². The summed E-state index contributed by atoms with van der Waals surface area (Å²) in [5.74, 6) is 0.0908. The molecule has 1 fully saturated rings. The Kier molecular flexibility index (Phi) is 3.96. The summed E-state index contributed by atoms with van der Waals surface area (Å²) >= 11 is 5.97. The number of amides is 1. The van der Waals surface area contributed by atoms with Crippen LogP contribution in [-0.2, 0) is 10.2 Å². The van der Waals surface area contributed by atoms with E-state index in [0.29, 0.717) is 5.02 Å². The lowest BCUT2D eigenvalue weighted by atomic mass is 9.64. The number of carbonyl (C=O) groups is 1. The number of anilines is 1. The van der Waals surface area contributed by atoms with Crippen molar-refractivity contribution in [3.8, 4) is 0 Å². The van der Waals surface area contributed by atoms with Crippen molar-refractivity contribution >= 4 is 23.2 Å². The number of hydrogen-bond acceptors (Lipinski definition) is 1. The van der Waals surface area contributed by atoms with E-state index in [0.717, 1.165) is 36.1 Å². The Morgan fingerprint density at radius 2 is 1.77 bits per heavy atom. The van der Waals surface area contributed by atoms with Gasteiger partial charge < -0.3 is 5.32 Å². The maximum atomic E-state index is 12.9. The van der Waals surface area contributed by atoms with Gasteiger partial charge in [-0.15, -0.1) is 0 Å². The van der Waals surface area contributed by atoms with Gasteiger partial charge in [-0.25, -0.2) is 0 Å². The van der Waals surface area contributed by atoms with Gasteiger partial charge in [0.1, 0.15) is 0 Å². The minimum absolute atomic E-state index is 0.0908. The molecule has 3 rings (SSSR count). The smallest absolute Gasteiger partial charge is 0.235 e. The molecule has 0 radical (unpaired) electrons. The first-order valence-corrected chi connectivity index (χ1v) is 8.04. The molecule has 1 amide bonds. The van der Waals surface area contributed by atoms with E-state index in [1.165, 1.54) is 5.56 Å². The van der Waals surface area contributed by atoms with Crippen molar-refractivity contribution < 1.29 is 4.79 Å². The topological polar surface area (TPSA) is 29.1 Å². The van der Waals surface area contributed by atoms with E-state index >= 15 is 0 Å². The third-order valence-corrected chi connectivity index (χ3v) is 4.92. The summed E-state index contributed by atoms with van der Waals surface area (Å²) in [7, 11) is 0. The third kappa shape index (κ3) is 2.64. The fourth-order valence-corrected chi connectivity index (χ4v) is 3.27. The quantitative estimate of drug-likeness (QED) is 0.847. The van der Waals surface area contributed by atoms with Gasteiger partial charge in [-0.05, 0) is 56.0 Å². The lowest BCUT2D eigenvalue weighted by molar-refractivity contribution is -0.124. The fourth-order valence-electron chi connectivity index (χ4n) is 3.14. The molecule has 0 unspecified atom stereocenters. The molecular weight excluding hydrogens is 294 g/mol. The largest absolute Gasteiger partial charge is 0.325 e. The molecule has 114 valence electrons. The number of halogens is 1. The van der Waals surface area contributed by atoms with Crippen LogP contribution < -0.4 is 5.32 Å². The molecule has 22 heavy (non-hydrogen) atoms. The molecule has 0 atom stereocenters. The van der Waals surface area contributed by atoms with Crippen LogP contribution in [0, 0.1) is 13.8 Å². The van der Waals surface area contributed by atoms with Crippen molar-refractivity contribution in [3.63, 3.8) is 0 Å². The van der Waals surface area contributed by atoms with Crippen LogP contribution in [0.3, 0.4) is 0 Å². The minimum Gasteiger partial charge on any atom is -0.325 e. The van der Waals surface area contributed by atoms with Crippen LogP contribution in [0.15, 0.2) is 42.5 Å². The molecule has 2 nitrogen and oxygen atoms in total. The van der Waals surface area contributed by atoms with Gasteiger partial charge >= 0.3 is 0 Å². The molecule has 0 heterocycles. The molecule has 1 aliphatic carbocycles. The highest BCUT2D eigenvalue weighted by Crippen LogP contribution is 2.45. The predicted octanol–water partition coefficient (Wildman–Crippen LogP) is 5.02. The molecule has 1 N–H and O–H groups in total. The molecule has 0 bridgehead atoms. The monoisotopic (exact) mass is 313 g/mol. The Hall–Kier alpha value is -1.80. The molecule has 0 saturated heterocycles. The summed E-state index contributed by atoms with van der Waals surface area (Å²) in [5, 5.41) is 3.82. The van der Waals surface area contributed by atoms with Gasteiger partial charge in [0.2, 0.25) is 5.91 Å². The van der Waals surface area contributed by atoms with E-state index < -0.39 is 5.41 Å². The zero-order valence-corrected chi connectivity index (χ0v) is 13.7. The van der Waals surface area contributed by atoms with Gasteiger partial charge in [0.15, 0.2) is 0 Å². The lowest BCUT2D eigenvalue weighted by Gasteiger charge is -2.40. The first-order chi connectivity index (χ1) is 10.5. The van der Waals surface area contributed by atoms with E-state index in [-0.39, 0.29) is 5.91 Å². The predicted molar refractivity (Wildman–Crippen MR) is 91.5 cm³/mol. The molecular formula is C19H20ClNO. The maximum absolute atomic E-state index is 12.9. The number of nitrogens with one attached hydrogen (secondary N) is 1. The van der Waals surface area contributed by atoms with Crippen LogP contribution in [0.5, 0.6) is 0 Å². The van der Waals surface area contributed by atoms with E-state index in [2.05, 4.69) is 18.3 Å². The minimum atomic E-state index is -0.401. The SMILES string of the molecule is Cc1ccc(NC(=O)C2(c3ccc(Cl)cc3)CCC2)c(C)c1. The average molecular weight is 314 g/mol. The lowest BCUT2D eigenvalue weighted by Crippen LogP contribution is -2.46. The van der Waals surface area contributed by atoms with E-state index in [1.54, 1.807) is 0 Å². The Morgan fingerprint density at radius 1 is 1.09 bits per heavy atom. The summed E-state index contributed by atoms with van der Waals surface area (Å²) in [4.78, 5) is 12.9. The van der Waals surface area contributed by atoms with E-state index in [4.69, 9.17) is 11.6 Å². The van der Waals surface area contributed by atoms with Gasteiger partial charge in [0.25, 0.3) is 0 Å². The molecule has 0 aromatic heterocycles. The number of carbonyl (C=O) groups excluding carboxylic acids is 1. The van der Waals surface area contributed by atoms with Crippen LogP contribution in [0.25, 0.3) is 0 Å². The van der Waals surface area contributed by atoms with Crippen molar-refractivity contribution in [2.45, 2.75) is 38.5 Å². The summed E-state index contributed by atoms with van der Waals surface area (Å²) in [5.41, 5.74) is 3.86. The average Bonchev–Trinajstić information content (AvgIpc) is 2.43. The molecule has 0 aliphatic heterocycles.